The Labute approximate surface area is 182 Å². The lowest BCUT2D eigenvalue weighted by Gasteiger charge is -2.27. The van der Waals surface area contributed by atoms with Crippen LogP contribution in [0.2, 0.25) is 0 Å². The molecule has 2 aromatic heterocycles. The van der Waals surface area contributed by atoms with Crippen LogP contribution in [0, 0.1) is 6.92 Å². The molecule has 3 aromatic rings. The molecule has 1 aliphatic heterocycles. The predicted octanol–water partition coefficient (Wildman–Crippen LogP) is 4.21. The summed E-state index contributed by atoms with van der Waals surface area (Å²) in [5.41, 5.74) is 2.26. The summed E-state index contributed by atoms with van der Waals surface area (Å²) in [6.45, 7) is 5.70. The maximum atomic E-state index is 5.91. The van der Waals surface area contributed by atoms with Crippen LogP contribution in [0.5, 0.6) is 0 Å². The first-order valence-corrected chi connectivity index (χ1v) is 11.3. The Morgan fingerprint density at radius 3 is 2.70 bits per heavy atom. The molecule has 0 radical (unpaired) electrons. The third-order valence-corrected chi connectivity index (χ3v) is 6.41. The van der Waals surface area contributed by atoms with Gasteiger partial charge in [0.25, 0.3) is 0 Å². The quantitative estimate of drug-likeness (QED) is 0.440. The molecule has 7 heteroatoms. The van der Waals surface area contributed by atoms with Gasteiger partial charge in [-0.2, -0.15) is 0 Å². The summed E-state index contributed by atoms with van der Waals surface area (Å²) >= 11 is 1.82. The zero-order valence-electron chi connectivity index (χ0n) is 17.6. The van der Waals surface area contributed by atoms with Crippen molar-refractivity contribution in [2.45, 2.75) is 32.4 Å². The Morgan fingerprint density at radius 2 is 2.00 bits per heavy atom. The van der Waals surface area contributed by atoms with E-state index in [-0.39, 0.29) is 0 Å². The molecule has 2 N–H and O–H groups in total. The van der Waals surface area contributed by atoms with Crippen LogP contribution < -0.4 is 10.6 Å². The molecule has 1 aliphatic rings. The summed E-state index contributed by atoms with van der Waals surface area (Å²) in [6.07, 6.45) is 4.34. The third kappa shape index (κ3) is 5.09. The SMILES string of the molecule is CN=C(NCc1ncc(-c2ccc(C)cc2)o1)NCC(c1cccs1)N1CCCC1. The van der Waals surface area contributed by atoms with Crippen molar-refractivity contribution in [1.29, 1.82) is 0 Å². The van der Waals surface area contributed by atoms with E-state index in [0.29, 0.717) is 18.5 Å². The molecule has 1 atom stereocenters. The lowest BCUT2D eigenvalue weighted by atomic mass is 10.1. The monoisotopic (exact) mass is 423 g/mol. The minimum Gasteiger partial charge on any atom is -0.439 e. The van der Waals surface area contributed by atoms with E-state index < -0.39 is 0 Å². The lowest BCUT2D eigenvalue weighted by molar-refractivity contribution is 0.249. The van der Waals surface area contributed by atoms with Crippen molar-refractivity contribution < 1.29 is 4.42 Å². The first kappa shape index (κ1) is 20.6. The van der Waals surface area contributed by atoms with E-state index in [4.69, 9.17) is 4.42 Å². The molecule has 0 spiro atoms. The topological polar surface area (TPSA) is 65.7 Å². The number of aromatic nitrogens is 1. The molecule has 30 heavy (non-hydrogen) atoms. The first-order valence-electron chi connectivity index (χ1n) is 10.5. The normalized spacial score (nSPS) is 16.0. The van der Waals surface area contributed by atoms with Gasteiger partial charge in [0.05, 0.1) is 18.8 Å². The highest BCUT2D eigenvalue weighted by Gasteiger charge is 2.24. The van der Waals surface area contributed by atoms with Crippen LogP contribution in [-0.2, 0) is 6.54 Å². The number of rotatable bonds is 7. The minimum absolute atomic E-state index is 0.376. The number of nitrogens with one attached hydrogen (secondary N) is 2. The molecule has 1 fully saturated rings. The van der Waals surface area contributed by atoms with Gasteiger partial charge in [-0.25, -0.2) is 4.98 Å². The third-order valence-electron chi connectivity index (χ3n) is 5.44. The van der Waals surface area contributed by atoms with Gasteiger partial charge in [0.15, 0.2) is 11.7 Å². The summed E-state index contributed by atoms with van der Waals surface area (Å²) in [6, 6.07) is 13.0. The number of hydrogen-bond donors (Lipinski definition) is 2. The van der Waals surface area contributed by atoms with Gasteiger partial charge < -0.3 is 15.1 Å². The van der Waals surface area contributed by atoms with Crippen LogP contribution in [0.1, 0.15) is 35.2 Å². The van der Waals surface area contributed by atoms with Crippen LogP contribution in [-0.4, -0.2) is 42.5 Å². The number of thiophene rings is 1. The van der Waals surface area contributed by atoms with E-state index in [1.54, 1.807) is 13.2 Å². The van der Waals surface area contributed by atoms with E-state index in [1.165, 1.54) is 23.3 Å². The number of hydrogen-bond acceptors (Lipinski definition) is 5. The number of nitrogens with zero attached hydrogens (tertiary/aromatic N) is 3. The van der Waals surface area contributed by atoms with Crippen molar-refractivity contribution in [3.63, 3.8) is 0 Å². The Bertz CT molecular complexity index is 942. The molecular weight excluding hydrogens is 394 g/mol. The second-order valence-electron chi connectivity index (χ2n) is 7.57. The zero-order valence-corrected chi connectivity index (χ0v) is 18.4. The second-order valence-corrected chi connectivity index (χ2v) is 8.54. The molecule has 6 nitrogen and oxygen atoms in total. The van der Waals surface area contributed by atoms with Crippen molar-refractivity contribution in [2.24, 2.45) is 4.99 Å². The average molecular weight is 424 g/mol. The number of benzene rings is 1. The van der Waals surface area contributed by atoms with E-state index in [1.807, 2.05) is 11.3 Å². The van der Waals surface area contributed by atoms with Crippen molar-refractivity contribution in [1.82, 2.24) is 20.5 Å². The molecule has 0 saturated carbocycles. The van der Waals surface area contributed by atoms with Crippen molar-refractivity contribution >= 4 is 17.3 Å². The maximum Gasteiger partial charge on any atom is 0.214 e. The zero-order chi connectivity index (χ0) is 20.8. The van der Waals surface area contributed by atoms with Gasteiger partial charge in [-0.1, -0.05) is 35.9 Å². The molecule has 0 aliphatic carbocycles. The summed E-state index contributed by atoms with van der Waals surface area (Å²) in [4.78, 5) is 12.7. The molecule has 0 amide bonds. The fourth-order valence-electron chi connectivity index (χ4n) is 3.76. The van der Waals surface area contributed by atoms with Gasteiger partial charge in [0, 0.05) is 24.0 Å². The molecule has 1 unspecified atom stereocenters. The van der Waals surface area contributed by atoms with Crippen LogP contribution >= 0.6 is 11.3 Å². The maximum absolute atomic E-state index is 5.91. The lowest BCUT2D eigenvalue weighted by Crippen LogP contribution is -2.42. The van der Waals surface area contributed by atoms with Crippen molar-refractivity contribution in [3.8, 4) is 11.3 Å². The van der Waals surface area contributed by atoms with Crippen molar-refractivity contribution in [3.05, 3.63) is 64.3 Å². The molecule has 1 aromatic carbocycles. The molecular formula is C23H29N5OS. The fourth-order valence-corrected chi connectivity index (χ4v) is 4.62. The van der Waals surface area contributed by atoms with Gasteiger partial charge in [0.2, 0.25) is 5.89 Å². The van der Waals surface area contributed by atoms with Gasteiger partial charge in [-0.15, -0.1) is 11.3 Å². The van der Waals surface area contributed by atoms with Gasteiger partial charge in [0.1, 0.15) is 0 Å². The molecule has 0 bridgehead atoms. The first-order chi connectivity index (χ1) is 14.7. The van der Waals surface area contributed by atoms with E-state index in [2.05, 4.69) is 74.2 Å². The molecule has 1 saturated heterocycles. The van der Waals surface area contributed by atoms with Crippen molar-refractivity contribution in [2.75, 3.05) is 26.7 Å². The summed E-state index contributed by atoms with van der Waals surface area (Å²) < 4.78 is 5.91. The smallest absolute Gasteiger partial charge is 0.214 e. The van der Waals surface area contributed by atoms with Crippen LogP contribution in [0.15, 0.2) is 57.4 Å². The Hall–Kier alpha value is -2.64. The van der Waals surface area contributed by atoms with E-state index in [0.717, 1.165) is 36.9 Å². The number of guanidine groups is 1. The summed E-state index contributed by atoms with van der Waals surface area (Å²) in [5.74, 6) is 2.18. The van der Waals surface area contributed by atoms with E-state index >= 15 is 0 Å². The number of likely N-dealkylation sites (tertiary alicyclic amines) is 1. The number of aliphatic imine (C=N–C) groups is 1. The molecule has 3 heterocycles. The Kier molecular flexibility index (Phi) is 6.81. The molecule has 158 valence electrons. The van der Waals surface area contributed by atoms with Gasteiger partial charge >= 0.3 is 0 Å². The highest BCUT2D eigenvalue weighted by atomic mass is 32.1. The second kappa shape index (κ2) is 9.91. The summed E-state index contributed by atoms with van der Waals surface area (Å²) in [5, 5.41) is 8.95. The van der Waals surface area contributed by atoms with Crippen LogP contribution in [0.4, 0.5) is 0 Å². The van der Waals surface area contributed by atoms with Gasteiger partial charge in [-0.3, -0.25) is 9.89 Å². The minimum atomic E-state index is 0.376. The standard InChI is InChI=1S/C23H29N5OS/c1-17-7-9-18(10-8-17)20-15-25-22(29-20)16-27-23(24-2)26-14-19(21-6-5-13-30-21)28-11-3-4-12-28/h5-10,13,15,19H,3-4,11-12,14,16H2,1-2H3,(H2,24,26,27). The average Bonchev–Trinajstić information content (AvgIpc) is 3.54. The highest BCUT2D eigenvalue weighted by molar-refractivity contribution is 7.10. The fraction of sp³-hybridized carbons (Fsp3) is 0.391. The Balaban J connectivity index is 1.33. The predicted molar refractivity (Wildman–Crippen MR) is 123 cm³/mol. The van der Waals surface area contributed by atoms with E-state index in [9.17, 15) is 0 Å². The van der Waals surface area contributed by atoms with Crippen LogP contribution in [0.3, 0.4) is 0 Å². The molecule has 4 rings (SSSR count). The van der Waals surface area contributed by atoms with Crippen LogP contribution in [0.25, 0.3) is 11.3 Å². The Morgan fingerprint density at radius 1 is 1.20 bits per heavy atom. The largest absolute Gasteiger partial charge is 0.439 e. The highest BCUT2D eigenvalue weighted by Crippen LogP contribution is 2.27. The van der Waals surface area contributed by atoms with Gasteiger partial charge in [-0.05, 0) is 44.3 Å². The number of aryl methyl sites for hydroxylation is 1. The summed E-state index contributed by atoms with van der Waals surface area (Å²) in [7, 11) is 1.79. The number of oxazole rings is 1.